The van der Waals surface area contributed by atoms with E-state index in [4.69, 9.17) is 21.3 Å². The SMILES string of the molecule is N#Cc1cc(NC(=O)/C=C/c2ccco2)ccc1Cl. The normalized spacial score (nSPS) is 10.3. The van der Waals surface area contributed by atoms with Crippen LogP contribution >= 0.6 is 11.6 Å². The van der Waals surface area contributed by atoms with Gasteiger partial charge in [-0.2, -0.15) is 5.26 Å². The van der Waals surface area contributed by atoms with Crippen molar-refractivity contribution in [1.29, 1.82) is 5.26 Å². The molecule has 1 amide bonds. The van der Waals surface area contributed by atoms with Crippen LogP contribution in [-0.4, -0.2) is 5.91 Å². The molecule has 19 heavy (non-hydrogen) atoms. The molecule has 0 aliphatic heterocycles. The van der Waals surface area contributed by atoms with Gasteiger partial charge in [0.25, 0.3) is 0 Å². The lowest BCUT2D eigenvalue weighted by Gasteiger charge is -2.03. The summed E-state index contributed by atoms with van der Waals surface area (Å²) in [6, 6.07) is 10.1. The van der Waals surface area contributed by atoms with E-state index in [-0.39, 0.29) is 5.91 Å². The molecule has 0 spiro atoms. The van der Waals surface area contributed by atoms with Crippen molar-refractivity contribution < 1.29 is 9.21 Å². The van der Waals surface area contributed by atoms with Crippen molar-refractivity contribution in [3.8, 4) is 6.07 Å². The van der Waals surface area contributed by atoms with Crippen LogP contribution in [0.15, 0.2) is 47.1 Å². The fraction of sp³-hybridized carbons (Fsp3) is 0. The molecule has 0 saturated heterocycles. The highest BCUT2D eigenvalue weighted by atomic mass is 35.5. The number of anilines is 1. The van der Waals surface area contributed by atoms with Crippen molar-refractivity contribution in [2.45, 2.75) is 0 Å². The maximum atomic E-state index is 11.6. The number of nitrogens with zero attached hydrogens (tertiary/aromatic N) is 1. The summed E-state index contributed by atoms with van der Waals surface area (Å²) in [7, 11) is 0. The third kappa shape index (κ3) is 3.47. The van der Waals surface area contributed by atoms with E-state index >= 15 is 0 Å². The van der Waals surface area contributed by atoms with Crippen LogP contribution in [0.1, 0.15) is 11.3 Å². The zero-order chi connectivity index (χ0) is 13.7. The molecule has 1 aromatic carbocycles. The van der Waals surface area contributed by atoms with E-state index in [9.17, 15) is 4.79 Å². The Kier molecular flexibility index (Phi) is 4.01. The first-order valence-corrected chi connectivity index (χ1v) is 5.79. The van der Waals surface area contributed by atoms with Crippen LogP contribution in [0.4, 0.5) is 5.69 Å². The zero-order valence-corrected chi connectivity index (χ0v) is 10.5. The molecular weight excluding hydrogens is 264 g/mol. The molecule has 1 heterocycles. The number of carbonyl (C=O) groups is 1. The average Bonchev–Trinajstić information content (AvgIpc) is 2.92. The van der Waals surface area contributed by atoms with Crippen LogP contribution in [0.2, 0.25) is 5.02 Å². The molecule has 2 rings (SSSR count). The minimum absolute atomic E-state index is 0.314. The second-order valence-corrected chi connectivity index (χ2v) is 4.05. The summed E-state index contributed by atoms with van der Waals surface area (Å²) < 4.78 is 5.06. The van der Waals surface area contributed by atoms with Crippen molar-refractivity contribution in [1.82, 2.24) is 0 Å². The molecule has 0 aliphatic rings. The maximum Gasteiger partial charge on any atom is 0.248 e. The van der Waals surface area contributed by atoms with Gasteiger partial charge >= 0.3 is 0 Å². The van der Waals surface area contributed by atoms with E-state index < -0.39 is 0 Å². The van der Waals surface area contributed by atoms with Crippen molar-refractivity contribution in [3.63, 3.8) is 0 Å². The van der Waals surface area contributed by atoms with Gasteiger partial charge in [0.05, 0.1) is 16.8 Å². The molecule has 0 unspecified atom stereocenters. The number of rotatable bonds is 3. The zero-order valence-electron chi connectivity index (χ0n) is 9.76. The van der Waals surface area contributed by atoms with Gasteiger partial charge in [-0.05, 0) is 36.4 Å². The smallest absolute Gasteiger partial charge is 0.248 e. The largest absolute Gasteiger partial charge is 0.465 e. The minimum atomic E-state index is -0.317. The van der Waals surface area contributed by atoms with E-state index in [2.05, 4.69) is 5.32 Å². The van der Waals surface area contributed by atoms with Crippen molar-refractivity contribution in [2.75, 3.05) is 5.32 Å². The van der Waals surface area contributed by atoms with Gasteiger partial charge in [-0.25, -0.2) is 0 Å². The molecule has 1 N–H and O–H groups in total. The van der Waals surface area contributed by atoms with Gasteiger partial charge in [-0.15, -0.1) is 0 Å². The van der Waals surface area contributed by atoms with Gasteiger partial charge in [0.2, 0.25) is 5.91 Å². The predicted molar refractivity (Wildman–Crippen MR) is 72.5 cm³/mol. The Morgan fingerprint density at radius 1 is 1.42 bits per heavy atom. The van der Waals surface area contributed by atoms with Crippen LogP contribution in [-0.2, 0) is 4.79 Å². The van der Waals surface area contributed by atoms with Crippen LogP contribution in [0.5, 0.6) is 0 Å². The first-order chi connectivity index (χ1) is 9.19. The molecule has 94 valence electrons. The fourth-order valence-corrected chi connectivity index (χ4v) is 1.58. The molecule has 1 aromatic heterocycles. The summed E-state index contributed by atoms with van der Waals surface area (Å²) in [4.78, 5) is 11.6. The molecular formula is C14H9ClN2O2. The summed E-state index contributed by atoms with van der Waals surface area (Å²) in [6.07, 6.45) is 4.42. The molecule has 2 aromatic rings. The van der Waals surface area contributed by atoms with E-state index in [0.717, 1.165) is 0 Å². The van der Waals surface area contributed by atoms with Gasteiger partial charge in [0.15, 0.2) is 0 Å². The second kappa shape index (κ2) is 5.89. The van der Waals surface area contributed by atoms with Gasteiger partial charge in [0, 0.05) is 11.8 Å². The number of amides is 1. The number of furan rings is 1. The van der Waals surface area contributed by atoms with Crippen LogP contribution in [0.3, 0.4) is 0 Å². The quantitative estimate of drug-likeness (QED) is 0.870. The van der Waals surface area contributed by atoms with Crippen LogP contribution in [0.25, 0.3) is 6.08 Å². The number of nitriles is 1. The van der Waals surface area contributed by atoms with Gasteiger partial charge in [0.1, 0.15) is 11.8 Å². The number of benzene rings is 1. The lowest BCUT2D eigenvalue weighted by molar-refractivity contribution is -0.111. The predicted octanol–water partition coefficient (Wildman–Crippen LogP) is 3.46. The van der Waals surface area contributed by atoms with E-state index in [1.807, 2.05) is 6.07 Å². The highest BCUT2D eigenvalue weighted by molar-refractivity contribution is 6.31. The Morgan fingerprint density at radius 2 is 2.26 bits per heavy atom. The molecule has 0 bridgehead atoms. The highest BCUT2D eigenvalue weighted by Crippen LogP contribution is 2.19. The molecule has 0 radical (unpaired) electrons. The summed E-state index contributed by atoms with van der Waals surface area (Å²) >= 11 is 5.80. The summed E-state index contributed by atoms with van der Waals surface area (Å²) in [6.45, 7) is 0. The molecule has 0 saturated carbocycles. The summed E-state index contributed by atoms with van der Waals surface area (Å²) in [5, 5.41) is 11.8. The molecule has 0 fully saturated rings. The Labute approximate surface area is 114 Å². The van der Waals surface area contributed by atoms with Gasteiger partial charge in [-0.3, -0.25) is 4.79 Å². The second-order valence-electron chi connectivity index (χ2n) is 3.64. The number of hydrogen-bond acceptors (Lipinski definition) is 3. The Morgan fingerprint density at radius 3 is 2.95 bits per heavy atom. The van der Waals surface area contributed by atoms with Gasteiger partial charge in [-0.1, -0.05) is 11.6 Å². The number of nitrogens with one attached hydrogen (secondary N) is 1. The highest BCUT2D eigenvalue weighted by Gasteiger charge is 2.03. The van der Waals surface area contributed by atoms with Crippen molar-refractivity contribution >= 4 is 29.3 Å². The third-order valence-corrected chi connectivity index (χ3v) is 2.63. The molecule has 5 heteroatoms. The number of hydrogen-bond donors (Lipinski definition) is 1. The van der Waals surface area contributed by atoms with Crippen LogP contribution in [0, 0.1) is 11.3 Å². The van der Waals surface area contributed by atoms with Gasteiger partial charge < -0.3 is 9.73 Å². The van der Waals surface area contributed by atoms with E-state index in [1.54, 1.807) is 30.3 Å². The lowest BCUT2D eigenvalue weighted by atomic mass is 10.2. The van der Waals surface area contributed by atoms with E-state index in [0.29, 0.717) is 22.0 Å². The molecule has 0 aliphatic carbocycles. The molecule has 4 nitrogen and oxygen atoms in total. The maximum absolute atomic E-state index is 11.6. The Bertz CT molecular complexity index is 655. The first-order valence-electron chi connectivity index (χ1n) is 5.41. The Hall–Kier alpha value is -2.51. The standard InChI is InChI=1S/C14H9ClN2O2/c15-13-5-3-11(8-10(13)9-16)17-14(18)6-4-12-2-1-7-19-12/h1-8H,(H,17,18)/b6-4+. The lowest BCUT2D eigenvalue weighted by Crippen LogP contribution is -2.07. The first kappa shape index (κ1) is 12.9. The molecule has 0 atom stereocenters. The summed E-state index contributed by atoms with van der Waals surface area (Å²) in [5.41, 5.74) is 0.824. The van der Waals surface area contributed by atoms with E-state index in [1.165, 1.54) is 18.4 Å². The third-order valence-electron chi connectivity index (χ3n) is 2.30. The topological polar surface area (TPSA) is 66.0 Å². The van der Waals surface area contributed by atoms with Crippen molar-refractivity contribution in [3.05, 3.63) is 59.0 Å². The number of carbonyl (C=O) groups excluding carboxylic acids is 1. The monoisotopic (exact) mass is 272 g/mol. The van der Waals surface area contributed by atoms with Crippen molar-refractivity contribution in [2.24, 2.45) is 0 Å². The number of halogens is 1. The Balaban J connectivity index is 2.05. The average molecular weight is 273 g/mol. The fourth-order valence-electron chi connectivity index (χ4n) is 1.42. The minimum Gasteiger partial charge on any atom is -0.465 e. The summed E-state index contributed by atoms with van der Waals surface area (Å²) in [5.74, 6) is 0.270. The van der Waals surface area contributed by atoms with Crippen LogP contribution < -0.4 is 5.32 Å².